The number of carbonyl (C=O) groups excluding carboxylic acids is 2. The van der Waals surface area contributed by atoms with Gasteiger partial charge in [0.15, 0.2) is 0 Å². The Hall–Kier alpha value is -1.92. The Labute approximate surface area is 79.2 Å². The molecule has 0 radical (unpaired) electrons. The van der Waals surface area contributed by atoms with Gasteiger partial charge in [0.1, 0.15) is 12.3 Å². The number of hydrogen-bond acceptors (Lipinski definition) is 4. The molecule has 76 valence electrons. The summed E-state index contributed by atoms with van der Waals surface area (Å²) in [6.07, 6.45) is 0.427. The number of nitrogens with zero attached hydrogens (tertiary/aromatic N) is 1. The second-order valence-electron chi connectivity index (χ2n) is 2.67. The summed E-state index contributed by atoms with van der Waals surface area (Å²) < 4.78 is 0. The molecule has 2 amide bonds. The third-order valence-electron chi connectivity index (χ3n) is 1.57. The number of aliphatic carboxylic acids is 1. The maximum absolute atomic E-state index is 11.2. The van der Waals surface area contributed by atoms with Gasteiger partial charge in [-0.05, 0) is 0 Å². The van der Waals surface area contributed by atoms with Crippen LogP contribution in [0.1, 0.15) is 12.8 Å². The monoisotopic (exact) mass is 199 g/mol. The first-order chi connectivity index (χ1) is 6.59. The number of nitrogens with one attached hydrogen (secondary N) is 2. The van der Waals surface area contributed by atoms with Crippen LogP contribution in [0.2, 0.25) is 0 Å². The molecular weight excluding hydrogens is 190 g/mol. The summed E-state index contributed by atoms with van der Waals surface area (Å²) in [6, 6.07) is 0. The van der Waals surface area contributed by atoms with Crippen molar-refractivity contribution in [2.45, 2.75) is 12.8 Å². The van der Waals surface area contributed by atoms with E-state index in [1.807, 2.05) is 0 Å². The van der Waals surface area contributed by atoms with E-state index < -0.39 is 18.4 Å². The predicted molar refractivity (Wildman–Crippen MR) is 45.5 cm³/mol. The summed E-state index contributed by atoms with van der Waals surface area (Å²) in [5, 5.41) is 13.9. The van der Waals surface area contributed by atoms with Crippen molar-refractivity contribution < 1.29 is 19.5 Å². The molecule has 0 aromatic rings. The lowest BCUT2D eigenvalue weighted by atomic mass is 10.1. The first-order valence-electron chi connectivity index (χ1n) is 3.95. The van der Waals surface area contributed by atoms with Crippen LogP contribution in [0.5, 0.6) is 0 Å². The number of carboxylic acids is 1. The molecule has 0 unspecified atom stereocenters. The zero-order valence-corrected chi connectivity index (χ0v) is 7.24. The molecule has 1 heterocycles. The molecule has 1 aliphatic heterocycles. The Morgan fingerprint density at radius 1 is 1.50 bits per heavy atom. The molecule has 7 heteroatoms. The quantitative estimate of drug-likeness (QED) is 0.511. The van der Waals surface area contributed by atoms with Gasteiger partial charge in [0, 0.05) is 12.8 Å². The van der Waals surface area contributed by atoms with E-state index in [-0.39, 0.29) is 24.5 Å². The highest BCUT2D eigenvalue weighted by Gasteiger charge is 2.18. The summed E-state index contributed by atoms with van der Waals surface area (Å²) in [5.41, 5.74) is 2.29. The third kappa shape index (κ3) is 2.85. The van der Waals surface area contributed by atoms with E-state index in [2.05, 4.69) is 15.8 Å². The number of carbonyl (C=O) groups is 3. The molecule has 0 aliphatic carbocycles. The van der Waals surface area contributed by atoms with Gasteiger partial charge in [0.25, 0.3) is 5.91 Å². The predicted octanol–water partition coefficient (Wildman–Crippen LogP) is -1.55. The van der Waals surface area contributed by atoms with Crippen molar-refractivity contribution in [1.82, 2.24) is 10.7 Å². The molecule has 0 aromatic carbocycles. The first-order valence-corrected chi connectivity index (χ1v) is 3.95. The van der Waals surface area contributed by atoms with Gasteiger partial charge in [-0.25, -0.2) is 5.43 Å². The Morgan fingerprint density at radius 2 is 2.21 bits per heavy atom. The minimum atomic E-state index is -1.13. The highest BCUT2D eigenvalue weighted by molar-refractivity contribution is 6.39. The van der Waals surface area contributed by atoms with Gasteiger partial charge in [-0.15, -0.1) is 0 Å². The van der Waals surface area contributed by atoms with Crippen LogP contribution in [0.25, 0.3) is 0 Å². The zero-order valence-electron chi connectivity index (χ0n) is 7.24. The van der Waals surface area contributed by atoms with E-state index in [9.17, 15) is 14.4 Å². The highest BCUT2D eigenvalue weighted by Crippen LogP contribution is 1.98. The van der Waals surface area contributed by atoms with E-state index >= 15 is 0 Å². The molecule has 0 saturated carbocycles. The van der Waals surface area contributed by atoms with Crippen molar-refractivity contribution in [2.75, 3.05) is 6.54 Å². The van der Waals surface area contributed by atoms with Crippen molar-refractivity contribution in [2.24, 2.45) is 5.10 Å². The summed E-state index contributed by atoms with van der Waals surface area (Å²) in [6.45, 7) is -0.453. The molecule has 0 spiro atoms. The van der Waals surface area contributed by atoms with Crippen LogP contribution >= 0.6 is 0 Å². The van der Waals surface area contributed by atoms with E-state index in [0.29, 0.717) is 0 Å². The SMILES string of the molecule is O=C(O)CNC(=O)C1=NNC(=O)CC1. The molecule has 0 fully saturated rings. The van der Waals surface area contributed by atoms with Crippen molar-refractivity contribution >= 4 is 23.5 Å². The maximum atomic E-state index is 11.2. The fraction of sp³-hybridized carbons (Fsp3) is 0.429. The first kappa shape index (κ1) is 10.2. The lowest BCUT2D eigenvalue weighted by Gasteiger charge is -2.10. The molecule has 0 saturated heterocycles. The average molecular weight is 199 g/mol. The van der Waals surface area contributed by atoms with Crippen LogP contribution in [0, 0.1) is 0 Å². The molecule has 0 bridgehead atoms. The Kier molecular flexibility index (Phi) is 3.16. The second-order valence-corrected chi connectivity index (χ2v) is 2.67. The van der Waals surface area contributed by atoms with Crippen LogP contribution in [0.3, 0.4) is 0 Å². The van der Waals surface area contributed by atoms with Crippen LogP contribution in [0.15, 0.2) is 5.10 Å². The lowest BCUT2D eigenvalue weighted by molar-refractivity contribution is -0.137. The molecular formula is C7H9N3O4. The van der Waals surface area contributed by atoms with Gasteiger partial charge in [-0.2, -0.15) is 5.10 Å². The summed E-state index contributed by atoms with van der Waals surface area (Å²) >= 11 is 0. The molecule has 3 N–H and O–H groups in total. The van der Waals surface area contributed by atoms with Crippen LogP contribution in [-0.4, -0.2) is 35.1 Å². The smallest absolute Gasteiger partial charge is 0.322 e. The molecule has 0 atom stereocenters. The third-order valence-corrected chi connectivity index (χ3v) is 1.57. The van der Waals surface area contributed by atoms with E-state index in [1.165, 1.54) is 0 Å². The normalized spacial score (nSPS) is 15.4. The molecule has 0 aromatic heterocycles. The number of rotatable bonds is 3. The Bertz CT molecular complexity index is 310. The molecule has 7 nitrogen and oxygen atoms in total. The van der Waals surface area contributed by atoms with Crippen molar-refractivity contribution in [1.29, 1.82) is 0 Å². The Balaban J connectivity index is 2.45. The number of amides is 2. The van der Waals surface area contributed by atoms with Crippen LogP contribution in [0.4, 0.5) is 0 Å². The van der Waals surface area contributed by atoms with Gasteiger partial charge in [0.2, 0.25) is 5.91 Å². The minimum Gasteiger partial charge on any atom is -0.480 e. The average Bonchev–Trinajstić information content (AvgIpc) is 2.15. The fourth-order valence-electron chi connectivity index (χ4n) is 0.896. The van der Waals surface area contributed by atoms with Crippen molar-refractivity contribution in [3.8, 4) is 0 Å². The second kappa shape index (κ2) is 4.35. The lowest BCUT2D eigenvalue weighted by Crippen LogP contribution is -2.38. The topological polar surface area (TPSA) is 108 Å². The van der Waals surface area contributed by atoms with E-state index in [4.69, 9.17) is 5.11 Å². The van der Waals surface area contributed by atoms with Gasteiger partial charge in [0.05, 0.1) is 0 Å². The summed E-state index contributed by atoms with van der Waals surface area (Å²) in [7, 11) is 0. The minimum absolute atomic E-state index is 0.144. The Morgan fingerprint density at radius 3 is 2.71 bits per heavy atom. The highest BCUT2D eigenvalue weighted by atomic mass is 16.4. The van der Waals surface area contributed by atoms with Crippen molar-refractivity contribution in [3.05, 3.63) is 0 Å². The van der Waals surface area contributed by atoms with Gasteiger partial charge in [-0.3, -0.25) is 14.4 Å². The molecule has 1 rings (SSSR count). The van der Waals surface area contributed by atoms with Crippen molar-refractivity contribution in [3.63, 3.8) is 0 Å². The van der Waals surface area contributed by atoms with Crippen LogP contribution in [-0.2, 0) is 14.4 Å². The number of hydrogen-bond donors (Lipinski definition) is 3. The fourth-order valence-corrected chi connectivity index (χ4v) is 0.896. The van der Waals surface area contributed by atoms with Gasteiger partial charge in [-0.1, -0.05) is 0 Å². The van der Waals surface area contributed by atoms with E-state index in [1.54, 1.807) is 0 Å². The standard InChI is InChI=1S/C7H9N3O4/c11-5-2-1-4(9-10-5)7(14)8-3-6(12)13/h1-3H2,(H,8,14)(H,10,11)(H,12,13). The van der Waals surface area contributed by atoms with Crippen LogP contribution < -0.4 is 10.7 Å². The van der Waals surface area contributed by atoms with E-state index in [0.717, 1.165) is 0 Å². The summed E-state index contributed by atoms with van der Waals surface area (Å²) in [4.78, 5) is 31.9. The number of carboxylic acid groups (broad SMARTS) is 1. The maximum Gasteiger partial charge on any atom is 0.322 e. The largest absolute Gasteiger partial charge is 0.480 e. The zero-order chi connectivity index (χ0) is 10.6. The van der Waals surface area contributed by atoms with Gasteiger partial charge < -0.3 is 10.4 Å². The molecule has 14 heavy (non-hydrogen) atoms. The summed E-state index contributed by atoms with van der Waals surface area (Å²) in [5.74, 6) is -1.94. The molecule has 1 aliphatic rings. The van der Waals surface area contributed by atoms with Gasteiger partial charge >= 0.3 is 5.97 Å². The number of hydrazone groups is 1.